The maximum absolute atomic E-state index is 12.7. The van der Waals surface area contributed by atoms with E-state index in [4.69, 9.17) is 0 Å². The van der Waals surface area contributed by atoms with E-state index < -0.39 is 10.2 Å². The highest BCUT2D eigenvalue weighted by Crippen LogP contribution is 2.15. The van der Waals surface area contributed by atoms with Crippen LogP contribution in [0, 0.1) is 0 Å². The van der Waals surface area contributed by atoms with Crippen molar-refractivity contribution < 1.29 is 17.1 Å². The summed E-state index contributed by atoms with van der Waals surface area (Å²) in [7, 11) is -4.64. The van der Waals surface area contributed by atoms with Crippen LogP contribution in [0.5, 0.6) is 0 Å². The molecule has 0 atom stereocenters. The fraction of sp³-hybridized carbons (Fsp3) is 0.462. The van der Waals surface area contributed by atoms with Gasteiger partial charge in [0.25, 0.3) is 0 Å². The lowest BCUT2D eigenvalue weighted by Crippen LogP contribution is -2.27. The van der Waals surface area contributed by atoms with Gasteiger partial charge in [-0.15, -0.1) is 3.89 Å². The molecule has 1 aromatic rings. The third kappa shape index (κ3) is 3.76. The predicted octanol–water partition coefficient (Wildman–Crippen LogP) is 1.90. The van der Waals surface area contributed by atoms with Crippen LogP contribution in [0.25, 0.3) is 0 Å². The summed E-state index contributed by atoms with van der Waals surface area (Å²) in [4.78, 5) is 13.3. The van der Waals surface area contributed by atoms with Gasteiger partial charge in [0, 0.05) is 19.5 Å². The minimum atomic E-state index is -4.64. The topological polar surface area (TPSA) is 54.5 Å². The Labute approximate surface area is 112 Å². The van der Waals surface area contributed by atoms with Gasteiger partial charge in [-0.1, -0.05) is 12.1 Å². The van der Waals surface area contributed by atoms with Crippen LogP contribution < -0.4 is 0 Å². The average Bonchev–Trinajstić information content (AvgIpc) is 2.89. The molecule has 104 valence electrons. The smallest absolute Gasteiger partial charge is 0.332 e. The molecule has 1 heterocycles. The van der Waals surface area contributed by atoms with Crippen LogP contribution in [-0.2, 0) is 21.4 Å². The first-order chi connectivity index (χ1) is 8.97. The van der Waals surface area contributed by atoms with Crippen molar-refractivity contribution in [2.75, 3.05) is 13.1 Å². The molecule has 1 amide bonds. The number of halogens is 1. The summed E-state index contributed by atoms with van der Waals surface area (Å²) >= 11 is 0. The van der Waals surface area contributed by atoms with Crippen LogP contribution in [-0.4, -0.2) is 32.3 Å². The monoisotopic (exact) mass is 285 g/mol. The number of carbonyl (C=O) groups is 1. The molecule has 2 rings (SSSR count). The van der Waals surface area contributed by atoms with Crippen molar-refractivity contribution in [3.05, 3.63) is 29.8 Å². The number of aryl methyl sites for hydroxylation is 1. The van der Waals surface area contributed by atoms with Gasteiger partial charge in [-0.05, 0) is 37.0 Å². The summed E-state index contributed by atoms with van der Waals surface area (Å²) in [6.45, 7) is 1.66. The molecule has 0 aromatic heterocycles. The highest BCUT2D eigenvalue weighted by Gasteiger charge is 2.17. The van der Waals surface area contributed by atoms with Gasteiger partial charge in [0.1, 0.15) is 0 Å². The van der Waals surface area contributed by atoms with Crippen molar-refractivity contribution in [2.24, 2.45) is 0 Å². The first-order valence-electron chi connectivity index (χ1n) is 6.28. The Morgan fingerprint density at radius 2 is 1.74 bits per heavy atom. The second-order valence-corrected chi connectivity index (χ2v) is 6.02. The Morgan fingerprint density at radius 3 is 2.26 bits per heavy atom. The second kappa shape index (κ2) is 5.69. The lowest BCUT2D eigenvalue weighted by atomic mass is 10.1. The summed E-state index contributed by atoms with van der Waals surface area (Å²) in [5.41, 5.74) is 0.833. The van der Waals surface area contributed by atoms with Crippen LogP contribution in [0.2, 0.25) is 0 Å². The molecule has 6 heteroatoms. The molecule has 1 fully saturated rings. The third-order valence-corrected chi connectivity index (χ3v) is 4.13. The van der Waals surface area contributed by atoms with Gasteiger partial charge < -0.3 is 4.90 Å². The number of carbonyl (C=O) groups excluding carboxylic acids is 1. The minimum absolute atomic E-state index is 0.125. The van der Waals surface area contributed by atoms with E-state index in [0.29, 0.717) is 12.8 Å². The summed E-state index contributed by atoms with van der Waals surface area (Å²) in [5, 5.41) is 0. The van der Waals surface area contributed by atoms with Crippen molar-refractivity contribution in [2.45, 2.75) is 30.6 Å². The Balaban J connectivity index is 1.91. The van der Waals surface area contributed by atoms with Gasteiger partial charge in [-0.25, -0.2) is 0 Å². The number of benzene rings is 1. The molecule has 0 radical (unpaired) electrons. The van der Waals surface area contributed by atoms with Crippen LogP contribution in [0.4, 0.5) is 3.89 Å². The molecule has 0 N–H and O–H groups in total. The lowest BCUT2D eigenvalue weighted by Gasteiger charge is -2.14. The number of likely N-dealkylation sites (tertiary alicyclic amines) is 1. The standard InChI is InChI=1S/C13H16FNO3S/c14-19(17,18)12-6-3-11(4-7-12)5-8-13(16)15-9-1-2-10-15/h3-4,6-7H,1-2,5,8-10H2. The zero-order valence-electron chi connectivity index (χ0n) is 10.5. The molecule has 1 aliphatic rings. The maximum Gasteiger partial charge on any atom is 0.332 e. The minimum Gasteiger partial charge on any atom is -0.343 e. The van der Waals surface area contributed by atoms with E-state index in [1.807, 2.05) is 4.90 Å². The normalized spacial score (nSPS) is 15.7. The molecule has 0 aliphatic carbocycles. The zero-order chi connectivity index (χ0) is 13.9. The third-order valence-electron chi connectivity index (χ3n) is 3.29. The number of hydrogen-bond donors (Lipinski definition) is 0. The molecule has 1 aromatic carbocycles. The Kier molecular flexibility index (Phi) is 4.19. The number of nitrogens with zero attached hydrogens (tertiary/aromatic N) is 1. The summed E-state index contributed by atoms with van der Waals surface area (Å²) in [6.07, 6.45) is 3.08. The highest BCUT2D eigenvalue weighted by molar-refractivity contribution is 7.86. The Morgan fingerprint density at radius 1 is 1.16 bits per heavy atom. The van der Waals surface area contributed by atoms with Gasteiger partial charge in [-0.3, -0.25) is 4.79 Å². The average molecular weight is 285 g/mol. The van der Waals surface area contributed by atoms with E-state index in [1.165, 1.54) is 12.1 Å². The predicted molar refractivity (Wildman–Crippen MR) is 68.9 cm³/mol. The molecule has 0 bridgehead atoms. The zero-order valence-corrected chi connectivity index (χ0v) is 11.3. The van der Waals surface area contributed by atoms with Gasteiger partial charge in [-0.2, -0.15) is 8.42 Å². The molecule has 0 unspecified atom stereocenters. The van der Waals surface area contributed by atoms with Gasteiger partial charge >= 0.3 is 10.2 Å². The summed E-state index contributed by atoms with van der Waals surface area (Å²) in [5.74, 6) is 0.125. The van der Waals surface area contributed by atoms with Gasteiger partial charge in [0.15, 0.2) is 0 Å². The van der Waals surface area contributed by atoms with Crippen molar-refractivity contribution in [3.8, 4) is 0 Å². The van der Waals surface area contributed by atoms with E-state index in [2.05, 4.69) is 0 Å². The first-order valence-corrected chi connectivity index (χ1v) is 7.66. The van der Waals surface area contributed by atoms with Crippen LogP contribution in [0.15, 0.2) is 29.2 Å². The van der Waals surface area contributed by atoms with Crippen LogP contribution >= 0.6 is 0 Å². The van der Waals surface area contributed by atoms with Gasteiger partial charge in [0.2, 0.25) is 5.91 Å². The highest BCUT2D eigenvalue weighted by atomic mass is 32.3. The molecule has 0 saturated carbocycles. The largest absolute Gasteiger partial charge is 0.343 e. The summed E-state index contributed by atoms with van der Waals surface area (Å²) < 4.78 is 34.0. The van der Waals surface area contributed by atoms with E-state index in [1.54, 1.807) is 12.1 Å². The van der Waals surface area contributed by atoms with Crippen molar-refractivity contribution in [3.63, 3.8) is 0 Å². The lowest BCUT2D eigenvalue weighted by molar-refractivity contribution is -0.130. The van der Waals surface area contributed by atoms with Crippen LogP contribution in [0.1, 0.15) is 24.8 Å². The molecule has 19 heavy (non-hydrogen) atoms. The van der Waals surface area contributed by atoms with Gasteiger partial charge in [0.05, 0.1) is 4.90 Å². The molecular formula is C13H16FNO3S. The van der Waals surface area contributed by atoms with Crippen molar-refractivity contribution in [1.82, 2.24) is 4.90 Å². The van der Waals surface area contributed by atoms with Crippen molar-refractivity contribution >= 4 is 16.1 Å². The van der Waals surface area contributed by atoms with E-state index in [-0.39, 0.29) is 10.8 Å². The molecule has 4 nitrogen and oxygen atoms in total. The molecular weight excluding hydrogens is 269 g/mol. The Hall–Kier alpha value is -1.43. The molecule has 0 spiro atoms. The van der Waals surface area contributed by atoms with Crippen LogP contribution in [0.3, 0.4) is 0 Å². The number of amides is 1. The van der Waals surface area contributed by atoms with E-state index >= 15 is 0 Å². The quantitative estimate of drug-likeness (QED) is 0.794. The second-order valence-electron chi connectivity index (χ2n) is 4.67. The van der Waals surface area contributed by atoms with E-state index in [9.17, 15) is 17.1 Å². The SMILES string of the molecule is O=C(CCc1ccc(S(=O)(=O)F)cc1)N1CCCC1. The van der Waals surface area contributed by atoms with Crippen molar-refractivity contribution in [1.29, 1.82) is 0 Å². The molecule has 1 saturated heterocycles. The number of hydrogen-bond acceptors (Lipinski definition) is 3. The van der Waals surface area contributed by atoms with E-state index in [0.717, 1.165) is 31.5 Å². The fourth-order valence-electron chi connectivity index (χ4n) is 2.19. The Bertz CT molecular complexity index is 548. The number of rotatable bonds is 4. The maximum atomic E-state index is 12.7. The molecule has 1 aliphatic heterocycles. The first kappa shape index (κ1) is 14.0. The summed E-state index contributed by atoms with van der Waals surface area (Å²) in [6, 6.07) is 5.55. The fourth-order valence-corrected chi connectivity index (χ4v) is 2.66.